The van der Waals surface area contributed by atoms with Gasteiger partial charge in [0.25, 0.3) is 0 Å². The van der Waals surface area contributed by atoms with Crippen molar-refractivity contribution in [2.24, 2.45) is 0 Å². The Morgan fingerprint density at radius 3 is 2.75 bits per heavy atom. The molecule has 0 aliphatic carbocycles. The maximum atomic E-state index is 13.0. The molecule has 0 aromatic heterocycles. The molecule has 1 aromatic carbocycles. The summed E-state index contributed by atoms with van der Waals surface area (Å²) in [7, 11) is 1.75. The van der Waals surface area contributed by atoms with E-state index in [4.69, 9.17) is 0 Å². The van der Waals surface area contributed by atoms with E-state index in [2.05, 4.69) is 5.32 Å². The minimum Gasteiger partial charge on any atom is -0.352 e. The number of likely N-dealkylation sites (tertiary alicyclic amines) is 1. The summed E-state index contributed by atoms with van der Waals surface area (Å²) in [6, 6.07) is 7.58. The van der Waals surface area contributed by atoms with Crippen LogP contribution in [0.4, 0.5) is 5.69 Å². The maximum absolute atomic E-state index is 13.0. The van der Waals surface area contributed by atoms with Crippen molar-refractivity contribution in [3.05, 3.63) is 29.8 Å². The molecule has 3 rings (SSSR count). The number of fused-ring (bicyclic) bond motifs is 1. The van der Waals surface area contributed by atoms with Crippen molar-refractivity contribution < 1.29 is 14.4 Å². The van der Waals surface area contributed by atoms with E-state index in [1.54, 1.807) is 16.8 Å². The summed E-state index contributed by atoms with van der Waals surface area (Å²) < 4.78 is 0. The molecule has 2 atom stereocenters. The van der Waals surface area contributed by atoms with Crippen LogP contribution in [0.1, 0.15) is 37.7 Å². The monoisotopic (exact) mass is 329 g/mol. The van der Waals surface area contributed by atoms with Crippen molar-refractivity contribution in [3.63, 3.8) is 0 Å². The highest BCUT2D eigenvalue weighted by molar-refractivity contribution is 6.02. The summed E-state index contributed by atoms with van der Waals surface area (Å²) in [5.41, 5.74) is 1.72. The first kappa shape index (κ1) is 16.5. The SMILES string of the molecule is CC(=O)N[C@H]1CCCN(C(=O)[C@H]2CC(=O)N(C)c3ccccc32)C1. The molecule has 6 heteroatoms. The molecule has 24 heavy (non-hydrogen) atoms. The van der Waals surface area contributed by atoms with Crippen LogP contribution in [-0.2, 0) is 14.4 Å². The fourth-order valence-electron chi connectivity index (χ4n) is 3.67. The fourth-order valence-corrected chi connectivity index (χ4v) is 3.67. The van der Waals surface area contributed by atoms with E-state index in [9.17, 15) is 14.4 Å². The molecule has 2 aliphatic heterocycles. The summed E-state index contributed by atoms with van der Waals surface area (Å²) in [6.45, 7) is 2.69. The van der Waals surface area contributed by atoms with Crippen molar-refractivity contribution in [3.8, 4) is 0 Å². The van der Waals surface area contributed by atoms with Gasteiger partial charge in [0.05, 0.1) is 5.92 Å². The number of benzene rings is 1. The van der Waals surface area contributed by atoms with Crippen LogP contribution in [-0.4, -0.2) is 48.8 Å². The normalized spacial score (nSPS) is 23.7. The standard InChI is InChI=1S/C18H23N3O3/c1-12(22)19-13-6-5-9-21(11-13)18(24)15-10-17(23)20(2)16-8-4-3-7-14(15)16/h3-4,7-8,13,15H,5-6,9-11H2,1-2H3,(H,19,22)/t13-,15-/m0/s1. The van der Waals surface area contributed by atoms with Crippen LogP contribution < -0.4 is 10.2 Å². The van der Waals surface area contributed by atoms with Crippen LogP contribution in [0.5, 0.6) is 0 Å². The number of hydrogen-bond acceptors (Lipinski definition) is 3. The molecule has 1 saturated heterocycles. The van der Waals surface area contributed by atoms with Gasteiger partial charge < -0.3 is 15.1 Å². The molecule has 2 heterocycles. The molecule has 2 aliphatic rings. The predicted octanol–water partition coefficient (Wildman–Crippen LogP) is 1.26. The topological polar surface area (TPSA) is 69.7 Å². The third-order valence-corrected chi connectivity index (χ3v) is 4.86. The Labute approximate surface area is 141 Å². The van der Waals surface area contributed by atoms with Gasteiger partial charge in [0.1, 0.15) is 0 Å². The minimum atomic E-state index is -0.430. The summed E-state index contributed by atoms with van der Waals surface area (Å²) in [6.07, 6.45) is 1.94. The Kier molecular flexibility index (Phi) is 4.55. The van der Waals surface area contributed by atoms with Gasteiger partial charge in [-0.15, -0.1) is 0 Å². The van der Waals surface area contributed by atoms with Gasteiger partial charge in [-0.05, 0) is 24.5 Å². The lowest BCUT2D eigenvalue weighted by molar-refractivity contribution is -0.137. The third kappa shape index (κ3) is 3.13. The number of amides is 3. The average molecular weight is 329 g/mol. The second kappa shape index (κ2) is 6.63. The summed E-state index contributed by atoms with van der Waals surface area (Å²) in [5.74, 6) is -0.559. The number of carbonyl (C=O) groups excluding carboxylic acids is 3. The third-order valence-electron chi connectivity index (χ3n) is 4.86. The molecule has 0 unspecified atom stereocenters. The van der Waals surface area contributed by atoms with Crippen molar-refractivity contribution in [1.82, 2.24) is 10.2 Å². The van der Waals surface area contributed by atoms with Crippen molar-refractivity contribution in [2.75, 3.05) is 25.0 Å². The highest BCUT2D eigenvalue weighted by Gasteiger charge is 2.37. The van der Waals surface area contributed by atoms with Crippen LogP contribution >= 0.6 is 0 Å². The van der Waals surface area contributed by atoms with Gasteiger partial charge >= 0.3 is 0 Å². The second-order valence-electron chi connectivity index (χ2n) is 6.59. The molecule has 0 bridgehead atoms. The van der Waals surface area contributed by atoms with Crippen LogP contribution in [0.25, 0.3) is 0 Å². The first-order chi connectivity index (χ1) is 11.5. The van der Waals surface area contributed by atoms with E-state index in [1.165, 1.54) is 6.92 Å². The highest BCUT2D eigenvalue weighted by Crippen LogP contribution is 2.36. The van der Waals surface area contributed by atoms with Gasteiger partial charge in [-0.1, -0.05) is 18.2 Å². The summed E-state index contributed by atoms with van der Waals surface area (Å²) >= 11 is 0. The Bertz CT molecular complexity index is 673. The molecule has 1 aromatic rings. The Morgan fingerprint density at radius 1 is 1.25 bits per heavy atom. The quantitative estimate of drug-likeness (QED) is 0.888. The van der Waals surface area contributed by atoms with E-state index in [1.807, 2.05) is 24.3 Å². The fraction of sp³-hybridized carbons (Fsp3) is 0.500. The molecule has 128 valence electrons. The van der Waals surface area contributed by atoms with Crippen LogP contribution in [0.2, 0.25) is 0 Å². The number of rotatable bonds is 2. The van der Waals surface area contributed by atoms with Gasteiger partial charge in [-0.2, -0.15) is 0 Å². The number of anilines is 1. The molecule has 0 saturated carbocycles. The number of para-hydroxylation sites is 1. The first-order valence-electron chi connectivity index (χ1n) is 8.38. The van der Waals surface area contributed by atoms with Crippen molar-refractivity contribution in [1.29, 1.82) is 0 Å². The average Bonchev–Trinajstić information content (AvgIpc) is 2.57. The van der Waals surface area contributed by atoms with Crippen LogP contribution in [0.3, 0.4) is 0 Å². The lowest BCUT2D eigenvalue weighted by atomic mass is 9.87. The molecule has 3 amide bonds. The van der Waals surface area contributed by atoms with Crippen LogP contribution in [0, 0.1) is 0 Å². The van der Waals surface area contributed by atoms with Crippen molar-refractivity contribution in [2.45, 2.75) is 38.1 Å². The number of nitrogens with one attached hydrogen (secondary N) is 1. The van der Waals surface area contributed by atoms with Crippen LogP contribution in [0.15, 0.2) is 24.3 Å². The van der Waals surface area contributed by atoms with Gasteiger partial charge in [-0.25, -0.2) is 0 Å². The second-order valence-corrected chi connectivity index (χ2v) is 6.59. The lowest BCUT2D eigenvalue weighted by Gasteiger charge is -2.37. The van der Waals surface area contributed by atoms with E-state index in [0.717, 1.165) is 24.1 Å². The van der Waals surface area contributed by atoms with Gasteiger partial charge in [0, 0.05) is 45.2 Å². The molecular formula is C18H23N3O3. The Balaban J connectivity index is 1.81. The Hall–Kier alpha value is -2.37. The van der Waals surface area contributed by atoms with E-state index < -0.39 is 5.92 Å². The van der Waals surface area contributed by atoms with E-state index in [-0.39, 0.29) is 30.2 Å². The summed E-state index contributed by atoms with van der Waals surface area (Å²) in [4.78, 5) is 40.0. The van der Waals surface area contributed by atoms with Gasteiger partial charge in [0.15, 0.2) is 0 Å². The predicted molar refractivity (Wildman–Crippen MR) is 90.6 cm³/mol. The zero-order chi connectivity index (χ0) is 17.3. The number of piperidine rings is 1. The minimum absolute atomic E-state index is 0.00240. The molecule has 1 fully saturated rings. The number of carbonyl (C=O) groups is 3. The molecular weight excluding hydrogens is 306 g/mol. The first-order valence-corrected chi connectivity index (χ1v) is 8.38. The number of nitrogens with zero attached hydrogens (tertiary/aromatic N) is 2. The molecule has 0 spiro atoms. The largest absolute Gasteiger partial charge is 0.352 e. The molecule has 6 nitrogen and oxygen atoms in total. The van der Waals surface area contributed by atoms with Crippen molar-refractivity contribution >= 4 is 23.4 Å². The maximum Gasteiger partial charge on any atom is 0.230 e. The zero-order valence-electron chi connectivity index (χ0n) is 14.1. The summed E-state index contributed by atoms with van der Waals surface area (Å²) in [5, 5.41) is 2.90. The Morgan fingerprint density at radius 2 is 2.00 bits per heavy atom. The number of hydrogen-bond donors (Lipinski definition) is 1. The zero-order valence-corrected chi connectivity index (χ0v) is 14.1. The lowest BCUT2D eigenvalue weighted by Crippen LogP contribution is -2.51. The van der Waals surface area contributed by atoms with Gasteiger partial charge in [0.2, 0.25) is 17.7 Å². The molecule has 1 N–H and O–H groups in total. The van der Waals surface area contributed by atoms with E-state index in [0.29, 0.717) is 13.1 Å². The smallest absolute Gasteiger partial charge is 0.230 e. The highest BCUT2D eigenvalue weighted by atomic mass is 16.2. The molecule has 0 radical (unpaired) electrons. The van der Waals surface area contributed by atoms with Gasteiger partial charge in [-0.3, -0.25) is 14.4 Å². The van der Waals surface area contributed by atoms with E-state index >= 15 is 0 Å².